The average molecular weight is 413 g/mol. The molecule has 2 aromatic carbocycles. The van der Waals surface area contributed by atoms with Crippen LogP contribution in [0.15, 0.2) is 59.8 Å². The lowest BCUT2D eigenvalue weighted by molar-refractivity contribution is -0.387. The predicted molar refractivity (Wildman–Crippen MR) is 97.5 cm³/mol. The highest BCUT2D eigenvalue weighted by Gasteiger charge is 2.25. The van der Waals surface area contributed by atoms with Gasteiger partial charge in [-0.1, -0.05) is 35.3 Å². The van der Waals surface area contributed by atoms with Crippen molar-refractivity contribution in [2.24, 2.45) is 0 Å². The number of nitro groups is 1. The van der Waals surface area contributed by atoms with Crippen molar-refractivity contribution in [3.05, 3.63) is 75.3 Å². The van der Waals surface area contributed by atoms with Gasteiger partial charge in [0.25, 0.3) is 15.7 Å². The van der Waals surface area contributed by atoms with Crippen LogP contribution in [0.25, 0.3) is 5.69 Å². The van der Waals surface area contributed by atoms with Crippen molar-refractivity contribution in [3.8, 4) is 5.69 Å². The first-order valence-electron chi connectivity index (χ1n) is 7.04. The van der Waals surface area contributed by atoms with Crippen LogP contribution in [0.2, 0.25) is 10.3 Å². The molecule has 0 saturated carbocycles. The minimum absolute atomic E-state index is 0.146. The number of nitrogens with one attached hydrogen (secondary N) is 1. The maximum absolute atomic E-state index is 12.5. The monoisotopic (exact) mass is 412 g/mol. The van der Waals surface area contributed by atoms with Crippen LogP contribution < -0.4 is 4.72 Å². The van der Waals surface area contributed by atoms with Crippen LogP contribution in [-0.4, -0.2) is 22.9 Å². The van der Waals surface area contributed by atoms with Crippen molar-refractivity contribution >= 4 is 44.6 Å². The Morgan fingerprint density at radius 2 is 1.73 bits per heavy atom. The molecular formula is C15H10Cl2N4O4S. The molecule has 26 heavy (non-hydrogen) atoms. The number of halogens is 2. The topological polar surface area (TPSA) is 107 Å². The number of imidazole rings is 1. The van der Waals surface area contributed by atoms with Crippen LogP contribution in [0.3, 0.4) is 0 Å². The molecule has 0 aliphatic rings. The molecule has 1 aromatic heterocycles. The third-order valence-electron chi connectivity index (χ3n) is 3.42. The number of hydrogen-bond acceptors (Lipinski definition) is 5. The van der Waals surface area contributed by atoms with Gasteiger partial charge in [-0.05, 0) is 30.3 Å². The van der Waals surface area contributed by atoms with E-state index >= 15 is 0 Å². The van der Waals surface area contributed by atoms with Gasteiger partial charge in [-0.3, -0.25) is 19.4 Å². The fourth-order valence-electron chi connectivity index (χ4n) is 2.23. The summed E-state index contributed by atoms with van der Waals surface area (Å²) in [6.07, 6.45) is 1.43. The van der Waals surface area contributed by atoms with Gasteiger partial charge < -0.3 is 0 Å². The second-order valence-corrected chi connectivity index (χ2v) is 7.44. The molecule has 0 spiro atoms. The minimum atomic E-state index is -4.13. The van der Waals surface area contributed by atoms with Crippen molar-refractivity contribution in [2.75, 3.05) is 4.72 Å². The largest absolute Gasteiger partial charge is 0.289 e. The Kier molecular flexibility index (Phi) is 4.86. The van der Waals surface area contributed by atoms with E-state index < -0.39 is 25.5 Å². The summed E-state index contributed by atoms with van der Waals surface area (Å²) in [6, 6.07) is 11.3. The van der Waals surface area contributed by atoms with Gasteiger partial charge in [-0.15, -0.1) is 0 Å². The molecule has 11 heteroatoms. The molecule has 0 aliphatic heterocycles. The zero-order valence-corrected chi connectivity index (χ0v) is 15.2. The first kappa shape index (κ1) is 18.2. The molecule has 134 valence electrons. The van der Waals surface area contributed by atoms with E-state index in [1.54, 1.807) is 12.1 Å². The summed E-state index contributed by atoms with van der Waals surface area (Å²) < 4.78 is 28.8. The first-order valence-corrected chi connectivity index (χ1v) is 9.28. The maximum Gasteiger partial charge on any atom is 0.289 e. The van der Waals surface area contributed by atoms with E-state index in [9.17, 15) is 18.5 Å². The number of para-hydroxylation sites is 1. The summed E-state index contributed by atoms with van der Waals surface area (Å²) in [4.78, 5) is 13.7. The number of nitrogens with zero attached hydrogens (tertiary/aromatic N) is 3. The SMILES string of the molecule is O=[N+]([O-])c1ccccc1S(=O)(=O)Nc1ccc(-n2cnc(Cl)c2Cl)cc1. The maximum atomic E-state index is 12.5. The average Bonchev–Trinajstić information content (AvgIpc) is 2.94. The zero-order valence-electron chi connectivity index (χ0n) is 12.8. The van der Waals surface area contributed by atoms with Crippen molar-refractivity contribution in [3.63, 3.8) is 0 Å². The van der Waals surface area contributed by atoms with Gasteiger partial charge in [0.1, 0.15) is 6.33 Å². The standard InChI is InChI=1S/C15H10Cl2N4O4S/c16-14-15(17)20(9-18-14)11-7-5-10(6-8-11)19-26(24,25)13-4-2-1-3-12(13)21(22)23/h1-9,19H. The van der Waals surface area contributed by atoms with Crippen LogP contribution in [-0.2, 0) is 10.0 Å². The second kappa shape index (κ2) is 6.94. The summed E-state index contributed by atoms with van der Waals surface area (Å²) in [5, 5.41) is 11.4. The smallest absolute Gasteiger partial charge is 0.288 e. The Bertz CT molecular complexity index is 1080. The summed E-state index contributed by atoms with van der Waals surface area (Å²) >= 11 is 11.8. The van der Waals surface area contributed by atoms with Gasteiger partial charge in [-0.2, -0.15) is 0 Å². The fraction of sp³-hybridized carbons (Fsp3) is 0. The van der Waals surface area contributed by atoms with E-state index in [0.29, 0.717) is 5.69 Å². The van der Waals surface area contributed by atoms with Crippen molar-refractivity contribution < 1.29 is 13.3 Å². The Hall–Kier alpha value is -2.62. The van der Waals surface area contributed by atoms with Gasteiger partial charge in [0.05, 0.1) is 4.92 Å². The molecule has 3 aromatic rings. The lowest BCUT2D eigenvalue weighted by Crippen LogP contribution is -2.14. The van der Waals surface area contributed by atoms with E-state index in [1.165, 1.54) is 41.2 Å². The predicted octanol–water partition coefficient (Wildman–Crippen LogP) is 3.89. The lowest BCUT2D eigenvalue weighted by Gasteiger charge is -2.10. The fourth-order valence-corrected chi connectivity index (χ4v) is 3.78. The Morgan fingerprint density at radius 1 is 1.08 bits per heavy atom. The Labute approximate surface area is 158 Å². The highest BCUT2D eigenvalue weighted by Crippen LogP contribution is 2.27. The minimum Gasteiger partial charge on any atom is -0.288 e. The molecule has 0 radical (unpaired) electrons. The van der Waals surface area contributed by atoms with E-state index in [-0.39, 0.29) is 16.0 Å². The molecule has 0 saturated heterocycles. The molecule has 1 heterocycles. The molecule has 0 aliphatic carbocycles. The molecule has 0 amide bonds. The normalized spacial score (nSPS) is 11.3. The van der Waals surface area contributed by atoms with Crippen molar-refractivity contribution in [1.82, 2.24) is 9.55 Å². The van der Waals surface area contributed by atoms with Crippen LogP contribution >= 0.6 is 23.2 Å². The third-order valence-corrected chi connectivity index (χ3v) is 5.58. The third kappa shape index (κ3) is 3.50. The van der Waals surface area contributed by atoms with Crippen LogP contribution in [0.4, 0.5) is 11.4 Å². The van der Waals surface area contributed by atoms with E-state index in [0.717, 1.165) is 6.07 Å². The summed E-state index contributed by atoms with van der Waals surface area (Å²) in [7, 11) is -4.13. The molecule has 8 nitrogen and oxygen atoms in total. The number of benzene rings is 2. The number of anilines is 1. The van der Waals surface area contributed by atoms with Gasteiger partial charge in [0, 0.05) is 17.4 Å². The number of aromatic nitrogens is 2. The van der Waals surface area contributed by atoms with Crippen molar-refractivity contribution in [2.45, 2.75) is 4.90 Å². The summed E-state index contributed by atoms with van der Waals surface area (Å²) in [5.74, 6) is 0. The van der Waals surface area contributed by atoms with Crippen LogP contribution in [0.1, 0.15) is 0 Å². The summed E-state index contributed by atoms with van der Waals surface area (Å²) in [6.45, 7) is 0. The van der Waals surface area contributed by atoms with E-state index in [4.69, 9.17) is 23.2 Å². The molecule has 0 bridgehead atoms. The van der Waals surface area contributed by atoms with E-state index in [1.807, 2.05) is 0 Å². The van der Waals surface area contributed by atoms with Gasteiger partial charge in [0.15, 0.2) is 15.2 Å². The lowest BCUT2D eigenvalue weighted by atomic mass is 10.3. The van der Waals surface area contributed by atoms with Gasteiger partial charge >= 0.3 is 0 Å². The summed E-state index contributed by atoms with van der Waals surface area (Å²) in [5.41, 5.74) is 0.341. The number of nitro benzene ring substituents is 1. The number of rotatable bonds is 5. The molecule has 1 N–H and O–H groups in total. The number of hydrogen-bond donors (Lipinski definition) is 1. The van der Waals surface area contributed by atoms with Gasteiger partial charge in [-0.25, -0.2) is 13.4 Å². The molecule has 0 unspecified atom stereocenters. The highest BCUT2D eigenvalue weighted by molar-refractivity contribution is 7.92. The van der Waals surface area contributed by atoms with E-state index in [2.05, 4.69) is 9.71 Å². The quantitative estimate of drug-likeness (QED) is 0.505. The Balaban J connectivity index is 1.90. The Morgan fingerprint density at radius 3 is 2.31 bits per heavy atom. The number of sulfonamides is 1. The van der Waals surface area contributed by atoms with Gasteiger partial charge in [0.2, 0.25) is 0 Å². The zero-order chi connectivity index (χ0) is 18.9. The highest BCUT2D eigenvalue weighted by atomic mass is 35.5. The molecular weight excluding hydrogens is 403 g/mol. The molecule has 3 rings (SSSR count). The van der Waals surface area contributed by atoms with Crippen LogP contribution in [0, 0.1) is 10.1 Å². The first-order chi connectivity index (χ1) is 12.3. The van der Waals surface area contributed by atoms with Crippen molar-refractivity contribution in [1.29, 1.82) is 0 Å². The molecule has 0 fully saturated rings. The van der Waals surface area contributed by atoms with Crippen LogP contribution in [0.5, 0.6) is 0 Å². The second-order valence-electron chi connectivity index (χ2n) is 5.07. The molecule has 0 atom stereocenters.